The second kappa shape index (κ2) is 4.52. The molecule has 4 heteroatoms. The average molecular weight is 275 g/mol. The largest absolute Gasteiger partial charge is 0.357 e. The van der Waals surface area contributed by atoms with E-state index in [0.29, 0.717) is 5.69 Å². The summed E-state index contributed by atoms with van der Waals surface area (Å²) in [4.78, 5) is 15.2. The predicted octanol–water partition coefficient (Wildman–Crippen LogP) is 3.51. The van der Waals surface area contributed by atoms with Crippen molar-refractivity contribution >= 4 is 27.7 Å². The van der Waals surface area contributed by atoms with Crippen LogP contribution < -0.4 is 5.43 Å². The zero-order valence-corrected chi connectivity index (χ0v) is 11.2. The van der Waals surface area contributed by atoms with Crippen LogP contribution in [0.25, 0.3) is 21.8 Å². The second-order valence-electron chi connectivity index (χ2n) is 4.89. The Hall–Kier alpha value is -3.01. The van der Waals surface area contributed by atoms with E-state index in [1.54, 1.807) is 18.3 Å². The fraction of sp³-hybridized carbons (Fsp3) is 0. The normalized spacial score (nSPS) is 11.0. The van der Waals surface area contributed by atoms with E-state index in [1.165, 1.54) is 0 Å². The summed E-state index contributed by atoms with van der Waals surface area (Å²) in [5, 5.41) is 2.25. The van der Waals surface area contributed by atoms with E-state index in [9.17, 15) is 4.79 Å². The molecule has 0 aliphatic carbocycles. The molecule has 4 rings (SSSR count). The number of para-hydroxylation sites is 2. The van der Waals surface area contributed by atoms with Crippen LogP contribution in [0.3, 0.4) is 0 Å². The number of amides is 1. The van der Waals surface area contributed by atoms with E-state index in [1.807, 2.05) is 41.1 Å². The molecule has 0 saturated heterocycles. The summed E-state index contributed by atoms with van der Waals surface area (Å²) in [6.45, 7) is 0. The summed E-state index contributed by atoms with van der Waals surface area (Å²) in [5.41, 5.74) is 5.47. The lowest BCUT2D eigenvalue weighted by Gasteiger charge is -2.08. The molecule has 4 aromatic rings. The first-order valence-corrected chi connectivity index (χ1v) is 6.77. The highest BCUT2D eigenvalue weighted by Crippen LogP contribution is 2.27. The van der Waals surface area contributed by atoms with E-state index in [0.717, 1.165) is 21.8 Å². The van der Waals surface area contributed by atoms with E-state index < -0.39 is 0 Å². The number of rotatable bonds is 2. The molecular formula is C17H13N3O. The molecule has 21 heavy (non-hydrogen) atoms. The Balaban J connectivity index is 1.92. The van der Waals surface area contributed by atoms with Crippen LogP contribution in [-0.2, 0) is 0 Å². The van der Waals surface area contributed by atoms with Crippen LogP contribution in [0, 0.1) is 0 Å². The number of benzene rings is 2. The summed E-state index contributed by atoms with van der Waals surface area (Å²) in [6, 6.07) is 19.7. The van der Waals surface area contributed by atoms with Gasteiger partial charge in [-0.1, -0.05) is 36.4 Å². The Labute approximate surface area is 121 Å². The van der Waals surface area contributed by atoms with Gasteiger partial charge in [-0.15, -0.1) is 0 Å². The van der Waals surface area contributed by atoms with Crippen LogP contribution >= 0.6 is 0 Å². The molecule has 0 atom stereocenters. The van der Waals surface area contributed by atoms with Gasteiger partial charge in [-0.25, -0.2) is 0 Å². The number of carbonyl (C=O) groups is 1. The summed E-state index contributed by atoms with van der Waals surface area (Å²) in [5.74, 6) is -0.161. The molecule has 0 unspecified atom stereocenters. The number of H-pyrrole nitrogens is 1. The van der Waals surface area contributed by atoms with E-state index in [-0.39, 0.29) is 5.91 Å². The second-order valence-corrected chi connectivity index (χ2v) is 4.89. The average Bonchev–Trinajstić information content (AvgIpc) is 3.15. The van der Waals surface area contributed by atoms with Crippen molar-refractivity contribution in [2.45, 2.75) is 0 Å². The van der Waals surface area contributed by atoms with Crippen molar-refractivity contribution in [1.82, 2.24) is 9.66 Å². The highest BCUT2D eigenvalue weighted by molar-refractivity contribution is 6.10. The molecule has 102 valence electrons. The van der Waals surface area contributed by atoms with Crippen LogP contribution in [0.1, 0.15) is 10.5 Å². The third kappa shape index (κ3) is 1.80. The van der Waals surface area contributed by atoms with Crippen LogP contribution in [0.4, 0.5) is 0 Å². The number of fused-ring (bicyclic) bond motifs is 3. The molecule has 2 heterocycles. The highest BCUT2D eigenvalue weighted by Gasteiger charge is 2.13. The lowest BCUT2D eigenvalue weighted by atomic mass is 10.2. The SMILES string of the molecule is O=C(Nn1c2ccccc2c2ccccc21)c1ccc[nH]1. The molecule has 0 radical (unpaired) electrons. The van der Waals surface area contributed by atoms with Crippen LogP contribution in [-0.4, -0.2) is 15.6 Å². The predicted molar refractivity (Wildman–Crippen MR) is 83.9 cm³/mol. The first-order chi connectivity index (χ1) is 10.3. The third-order valence-electron chi connectivity index (χ3n) is 3.64. The van der Waals surface area contributed by atoms with E-state index >= 15 is 0 Å². The highest BCUT2D eigenvalue weighted by atomic mass is 16.2. The number of carbonyl (C=O) groups excluding carboxylic acids is 1. The van der Waals surface area contributed by atoms with Gasteiger partial charge in [-0.3, -0.25) is 14.9 Å². The Morgan fingerprint density at radius 3 is 2.05 bits per heavy atom. The van der Waals surface area contributed by atoms with Crippen molar-refractivity contribution in [3.8, 4) is 0 Å². The molecule has 2 aromatic heterocycles. The van der Waals surface area contributed by atoms with Gasteiger partial charge in [0.15, 0.2) is 0 Å². The van der Waals surface area contributed by atoms with Crippen molar-refractivity contribution in [3.63, 3.8) is 0 Å². The molecular weight excluding hydrogens is 262 g/mol. The van der Waals surface area contributed by atoms with Crippen molar-refractivity contribution in [2.75, 3.05) is 5.43 Å². The Morgan fingerprint density at radius 1 is 0.857 bits per heavy atom. The van der Waals surface area contributed by atoms with Gasteiger partial charge in [0.2, 0.25) is 0 Å². The Kier molecular flexibility index (Phi) is 2.54. The fourth-order valence-corrected chi connectivity index (χ4v) is 2.68. The Morgan fingerprint density at radius 2 is 1.48 bits per heavy atom. The van der Waals surface area contributed by atoms with Gasteiger partial charge in [-0.05, 0) is 24.3 Å². The van der Waals surface area contributed by atoms with Gasteiger partial charge >= 0.3 is 0 Å². The quantitative estimate of drug-likeness (QED) is 0.578. The van der Waals surface area contributed by atoms with Gasteiger partial charge in [-0.2, -0.15) is 0 Å². The smallest absolute Gasteiger partial charge is 0.286 e. The number of hydrogen-bond acceptors (Lipinski definition) is 1. The number of aromatic nitrogens is 2. The third-order valence-corrected chi connectivity index (χ3v) is 3.64. The topological polar surface area (TPSA) is 49.8 Å². The van der Waals surface area contributed by atoms with Crippen LogP contribution in [0.5, 0.6) is 0 Å². The van der Waals surface area contributed by atoms with Gasteiger partial charge in [0.25, 0.3) is 5.91 Å². The maximum Gasteiger partial charge on any atom is 0.286 e. The molecule has 0 fully saturated rings. The first kappa shape index (κ1) is 11.8. The summed E-state index contributed by atoms with van der Waals surface area (Å²) >= 11 is 0. The van der Waals surface area contributed by atoms with Gasteiger partial charge in [0, 0.05) is 17.0 Å². The number of nitrogens with one attached hydrogen (secondary N) is 2. The standard InChI is InChI=1S/C17H13N3O/c21-17(14-8-5-11-18-14)19-20-15-9-3-1-6-12(15)13-7-2-4-10-16(13)20/h1-11,18H,(H,19,21). The van der Waals surface area contributed by atoms with Crippen molar-refractivity contribution < 1.29 is 4.79 Å². The van der Waals surface area contributed by atoms with Gasteiger partial charge in [0.1, 0.15) is 5.69 Å². The number of nitrogens with zero attached hydrogens (tertiary/aromatic N) is 1. The minimum absolute atomic E-state index is 0.161. The van der Waals surface area contributed by atoms with Crippen LogP contribution in [0.2, 0.25) is 0 Å². The fourth-order valence-electron chi connectivity index (χ4n) is 2.68. The number of hydrogen-bond donors (Lipinski definition) is 2. The van der Waals surface area contributed by atoms with E-state index in [4.69, 9.17) is 0 Å². The molecule has 2 aromatic carbocycles. The molecule has 0 aliphatic heterocycles. The van der Waals surface area contributed by atoms with Crippen molar-refractivity contribution in [2.24, 2.45) is 0 Å². The molecule has 0 aliphatic rings. The molecule has 0 spiro atoms. The Bertz CT molecular complexity index is 882. The minimum atomic E-state index is -0.161. The maximum atomic E-state index is 12.3. The first-order valence-electron chi connectivity index (χ1n) is 6.77. The van der Waals surface area contributed by atoms with Crippen LogP contribution in [0.15, 0.2) is 66.9 Å². The summed E-state index contributed by atoms with van der Waals surface area (Å²) in [6.07, 6.45) is 1.74. The lowest BCUT2D eigenvalue weighted by molar-refractivity contribution is 0.100. The zero-order chi connectivity index (χ0) is 14.2. The molecule has 4 nitrogen and oxygen atoms in total. The van der Waals surface area contributed by atoms with Crippen molar-refractivity contribution in [1.29, 1.82) is 0 Å². The van der Waals surface area contributed by atoms with Crippen molar-refractivity contribution in [3.05, 3.63) is 72.6 Å². The number of aromatic amines is 1. The van der Waals surface area contributed by atoms with Gasteiger partial charge < -0.3 is 4.98 Å². The lowest BCUT2D eigenvalue weighted by Crippen LogP contribution is -2.22. The van der Waals surface area contributed by atoms with E-state index in [2.05, 4.69) is 22.5 Å². The summed E-state index contributed by atoms with van der Waals surface area (Å²) < 4.78 is 1.84. The summed E-state index contributed by atoms with van der Waals surface area (Å²) in [7, 11) is 0. The molecule has 0 bridgehead atoms. The molecule has 0 saturated carbocycles. The maximum absolute atomic E-state index is 12.3. The monoisotopic (exact) mass is 275 g/mol. The minimum Gasteiger partial charge on any atom is -0.357 e. The zero-order valence-electron chi connectivity index (χ0n) is 11.2. The molecule has 2 N–H and O–H groups in total. The van der Waals surface area contributed by atoms with Gasteiger partial charge in [0.05, 0.1) is 11.0 Å². The molecule has 1 amide bonds.